The zero-order chi connectivity index (χ0) is 10.1. The lowest BCUT2D eigenvalue weighted by molar-refractivity contribution is 0.420. The summed E-state index contributed by atoms with van der Waals surface area (Å²) in [5.41, 5.74) is 0. The largest absolute Gasteiger partial charge is 0.496 e. The van der Waals surface area contributed by atoms with Crippen molar-refractivity contribution in [1.29, 1.82) is 0 Å². The molecule has 0 fully saturated rings. The van der Waals surface area contributed by atoms with Crippen molar-refractivity contribution >= 4 is 38.3 Å². The summed E-state index contributed by atoms with van der Waals surface area (Å²) in [4.78, 5) is 4.02. The number of rotatable bonds is 1. The number of hydrogen-bond acceptors (Lipinski definition) is 2. The van der Waals surface area contributed by atoms with Gasteiger partial charge in [0.15, 0.2) is 0 Å². The number of nitrogens with zero attached hydrogens (tertiary/aromatic N) is 1. The van der Waals surface area contributed by atoms with Crippen LogP contribution in [-0.4, -0.2) is 12.1 Å². The summed E-state index contributed by atoms with van der Waals surface area (Å²) in [5, 5.41) is 2.32. The van der Waals surface area contributed by atoms with Gasteiger partial charge in [-0.2, -0.15) is 0 Å². The number of pyridine rings is 1. The standard InChI is InChI=1S/C10H7BrClNO/c1-14-8-3-2-7(11)9-6(8)4-5-13-10(9)12/h2-5H,1H3. The van der Waals surface area contributed by atoms with Crippen molar-refractivity contribution in [3.05, 3.63) is 34.0 Å². The van der Waals surface area contributed by atoms with Crippen molar-refractivity contribution in [3.8, 4) is 5.75 Å². The van der Waals surface area contributed by atoms with Crippen molar-refractivity contribution in [2.45, 2.75) is 0 Å². The van der Waals surface area contributed by atoms with Crippen molar-refractivity contribution in [2.75, 3.05) is 7.11 Å². The number of aromatic nitrogens is 1. The summed E-state index contributed by atoms with van der Waals surface area (Å²) >= 11 is 9.43. The van der Waals surface area contributed by atoms with Crippen LogP contribution < -0.4 is 4.74 Å². The fourth-order valence-corrected chi connectivity index (χ4v) is 2.28. The minimum Gasteiger partial charge on any atom is -0.496 e. The third-order valence-corrected chi connectivity index (χ3v) is 2.96. The smallest absolute Gasteiger partial charge is 0.138 e. The Balaban J connectivity index is 2.91. The van der Waals surface area contributed by atoms with Crippen LogP contribution in [0, 0.1) is 0 Å². The fourth-order valence-electron chi connectivity index (χ4n) is 1.37. The Kier molecular flexibility index (Phi) is 2.61. The van der Waals surface area contributed by atoms with Crippen molar-refractivity contribution < 1.29 is 4.74 Å². The van der Waals surface area contributed by atoms with E-state index in [1.54, 1.807) is 13.3 Å². The molecule has 1 heterocycles. The molecule has 0 saturated heterocycles. The van der Waals surface area contributed by atoms with E-state index < -0.39 is 0 Å². The summed E-state index contributed by atoms with van der Waals surface area (Å²) in [6.45, 7) is 0. The van der Waals surface area contributed by atoms with Crippen LogP contribution in [0.3, 0.4) is 0 Å². The van der Waals surface area contributed by atoms with E-state index in [0.29, 0.717) is 5.15 Å². The monoisotopic (exact) mass is 271 g/mol. The van der Waals surface area contributed by atoms with E-state index in [0.717, 1.165) is 21.0 Å². The highest BCUT2D eigenvalue weighted by Gasteiger charge is 2.08. The van der Waals surface area contributed by atoms with Crippen LogP contribution in [0.15, 0.2) is 28.9 Å². The molecule has 72 valence electrons. The second-order valence-electron chi connectivity index (χ2n) is 2.77. The van der Waals surface area contributed by atoms with Gasteiger partial charge in [0.25, 0.3) is 0 Å². The van der Waals surface area contributed by atoms with Gasteiger partial charge in [-0.25, -0.2) is 4.98 Å². The van der Waals surface area contributed by atoms with E-state index in [2.05, 4.69) is 20.9 Å². The lowest BCUT2D eigenvalue weighted by Crippen LogP contribution is -1.87. The van der Waals surface area contributed by atoms with E-state index in [1.807, 2.05) is 18.2 Å². The third-order valence-electron chi connectivity index (χ3n) is 2.01. The molecular weight excluding hydrogens is 265 g/mol. The van der Waals surface area contributed by atoms with Crippen molar-refractivity contribution in [3.63, 3.8) is 0 Å². The Morgan fingerprint density at radius 1 is 1.36 bits per heavy atom. The van der Waals surface area contributed by atoms with Gasteiger partial charge in [-0.05, 0) is 18.2 Å². The highest BCUT2D eigenvalue weighted by atomic mass is 79.9. The van der Waals surface area contributed by atoms with Crippen LogP contribution in [0.1, 0.15) is 0 Å². The van der Waals surface area contributed by atoms with Crippen molar-refractivity contribution in [2.24, 2.45) is 0 Å². The molecule has 0 aliphatic rings. The average Bonchev–Trinajstić information content (AvgIpc) is 2.18. The number of benzene rings is 1. The summed E-state index contributed by atoms with van der Waals surface area (Å²) in [6.07, 6.45) is 1.67. The van der Waals surface area contributed by atoms with Crippen LogP contribution in [0.5, 0.6) is 5.75 Å². The molecular formula is C10H7BrClNO. The summed E-state index contributed by atoms with van der Waals surface area (Å²) in [6, 6.07) is 5.67. The highest BCUT2D eigenvalue weighted by Crippen LogP contribution is 2.34. The first kappa shape index (κ1) is 9.74. The van der Waals surface area contributed by atoms with Gasteiger partial charge in [-0.15, -0.1) is 0 Å². The van der Waals surface area contributed by atoms with Gasteiger partial charge in [0.1, 0.15) is 10.9 Å². The first-order valence-electron chi connectivity index (χ1n) is 4.00. The number of methoxy groups -OCH3 is 1. The SMILES string of the molecule is COc1ccc(Br)c2c(Cl)nccc12. The van der Waals surface area contributed by atoms with Gasteiger partial charge in [0.2, 0.25) is 0 Å². The summed E-state index contributed by atoms with van der Waals surface area (Å²) < 4.78 is 6.15. The van der Waals surface area contributed by atoms with Gasteiger partial charge in [-0.1, -0.05) is 27.5 Å². The van der Waals surface area contributed by atoms with Crippen LogP contribution in [0.25, 0.3) is 10.8 Å². The number of halogens is 2. The first-order valence-corrected chi connectivity index (χ1v) is 5.18. The molecule has 1 aromatic heterocycles. The minimum atomic E-state index is 0.480. The number of ether oxygens (including phenoxy) is 1. The molecule has 2 rings (SSSR count). The maximum Gasteiger partial charge on any atom is 0.138 e. The Morgan fingerprint density at radius 2 is 2.14 bits per heavy atom. The molecule has 0 spiro atoms. The molecule has 0 aliphatic carbocycles. The van der Waals surface area contributed by atoms with Crippen LogP contribution in [0.4, 0.5) is 0 Å². The Hall–Kier alpha value is -0.800. The second kappa shape index (κ2) is 3.75. The summed E-state index contributed by atoms with van der Waals surface area (Å²) in [5.74, 6) is 0.799. The fraction of sp³-hybridized carbons (Fsp3) is 0.100. The predicted molar refractivity (Wildman–Crippen MR) is 61.0 cm³/mol. The number of fused-ring (bicyclic) bond motifs is 1. The molecule has 2 nitrogen and oxygen atoms in total. The van der Waals surface area contributed by atoms with E-state index >= 15 is 0 Å². The maximum atomic E-state index is 5.99. The zero-order valence-corrected chi connectivity index (χ0v) is 9.76. The van der Waals surface area contributed by atoms with Crippen LogP contribution in [-0.2, 0) is 0 Å². The molecule has 0 saturated carbocycles. The lowest BCUT2D eigenvalue weighted by Gasteiger charge is -2.07. The Bertz CT molecular complexity index is 479. The minimum absolute atomic E-state index is 0.480. The molecule has 4 heteroatoms. The molecule has 0 aliphatic heterocycles. The summed E-state index contributed by atoms with van der Waals surface area (Å²) in [7, 11) is 1.64. The third kappa shape index (κ3) is 1.47. The molecule has 0 amide bonds. The van der Waals surface area contributed by atoms with Gasteiger partial charge in [-0.3, -0.25) is 0 Å². The first-order chi connectivity index (χ1) is 6.74. The van der Waals surface area contributed by atoms with Gasteiger partial charge in [0, 0.05) is 21.4 Å². The van der Waals surface area contributed by atoms with E-state index in [4.69, 9.17) is 16.3 Å². The molecule has 2 aromatic rings. The molecule has 0 radical (unpaired) electrons. The highest BCUT2D eigenvalue weighted by molar-refractivity contribution is 9.10. The lowest BCUT2D eigenvalue weighted by atomic mass is 10.1. The Morgan fingerprint density at radius 3 is 2.86 bits per heavy atom. The van der Waals surface area contributed by atoms with Gasteiger partial charge < -0.3 is 4.74 Å². The van der Waals surface area contributed by atoms with E-state index in [1.165, 1.54) is 0 Å². The van der Waals surface area contributed by atoms with Gasteiger partial charge >= 0.3 is 0 Å². The molecule has 0 N–H and O–H groups in total. The maximum absolute atomic E-state index is 5.99. The molecule has 0 bridgehead atoms. The van der Waals surface area contributed by atoms with E-state index in [9.17, 15) is 0 Å². The zero-order valence-electron chi connectivity index (χ0n) is 7.42. The predicted octanol–water partition coefficient (Wildman–Crippen LogP) is 3.66. The topological polar surface area (TPSA) is 22.1 Å². The van der Waals surface area contributed by atoms with Gasteiger partial charge in [0.05, 0.1) is 7.11 Å². The molecule has 14 heavy (non-hydrogen) atoms. The second-order valence-corrected chi connectivity index (χ2v) is 3.99. The normalized spacial score (nSPS) is 10.5. The average molecular weight is 273 g/mol. The quantitative estimate of drug-likeness (QED) is 0.739. The molecule has 0 atom stereocenters. The van der Waals surface area contributed by atoms with Crippen LogP contribution in [0.2, 0.25) is 5.15 Å². The molecule has 1 aromatic carbocycles. The molecule has 0 unspecified atom stereocenters. The number of hydrogen-bond donors (Lipinski definition) is 0. The van der Waals surface area contributed by atoms with Crippen molar-refractivity contribution in [1.82, 2.24) is 4.98 Å². The van der Waals surface area contributed by atoms with E-state index in [-0.39, 0.29) is 0 Å². The van der Waals surface area contributed by atoms with Crippen LogP contribution >= 0.6 is 27.5 Å². The Labute approximate surface area is 95.0 Å².